The van der Waals surface area contributed by atoms with E-state index in [1.165, 1.54) is 5.56 Å². The van der Waals surface area contributed by atoms with Gasteiger partial charge in [-0.25, -0.2) is 0 Å². The van der Waals surface area contributed by atoms with Gasteiger partial charge in [-0.05, 0) is 29.3 Å². The number of nitrogens with zero attached hydrogens (tertiary/aromatic N) is 3. The molecule has 7 heteroatoms. The smallest absolute Gasteiger partial charge is 0.354 e. The Bertz CT molecular complexity index is 949. The molecular weight excluding hydrogens is 332 g/mol. The molecule has 134 valence electrons. The molecule has 0 bridgehead atoms. The Morgan fingerprint density at radius 2 is 2.15 bits per heavy atom. The van der Waals surface area contributed by atoms with Crippen LogP contribution in [0.1, 0.15) is 23.7 Å². The first kappa shape index (κ1) is 16.5. The third kappa shape index (κ3) is 3.39. The van der Waals surface area contributed by atoms with Gasteiger partial charge in [0.05, 0.1) is 6.61 Å². The zero-order chi connectivity index (χ0) is 17.9. The van der Waals surface area contributed by atoms with Crippen molar-refractivity contribution >= 4 is 0 Å². The molecule has 0 saturated carbocycles. The molecule has 1 aliphatic rings. The minimum Gasteiger partial charge on any atom is -0.462 e. The van der Waals surface area contributed by atoms with Gasteiger partial charge in [0.2, 0.25) is 0 Å². The molecule has 3 heterocycles. The van der Waals surface area contributed by atoms with Crippen molar-refractivity contribution in [2.45, 2.75) is 26.4 Å². The Morgan fingerprint density at radius 3 is 2.96 bits per heavy atom. The summed E-state index contributed by atoms with van der Waals surface area (Å²) in [5.74, 6) is 0.178. The van der Waals surface area contributed by atoms with E-state index < -0.39 is 0 Å². The number of benzene rings is 1. The van der Waals surface area contributed by atoms with E-state index in [0.29, 0.717) is 12.2 Å². The van der Waals surface area contributed by atoms with Crippen LogP contribution in [0.5, 0.6) is 6.01 Å². The largest absolute Gasteiger partial charge is 0.462 e. The van der Waals surface area contributed by atoms with E-state index in [-0.39, 0.29) is 17.5 Å². The fourth-order valence-corrected chi connectivity index (χ4v) is 3.21. The molecule has 1 aromatic carbocycles. The number of rotatable bonds is 5. The second-order valence-electron chi connectivity index (χ2n) is 6.28. The van der Waals surface area contributed by atoms with Gasteiger partial charge < -0.3 is 14.2 Å². The zero-order valence-electron chi connectivity index (χ0n) is 14.6. The van der Waals surface area contributed by atoms with Crippen LogP contribution in [-0.4, -0.2) is 33.2 Å². The highest BCUT2D eigenvalue weighted by molar-refractivity contribution is 5.53. The Balaban J connectivity index is 1.58. The number of pyridine rings is 1. The maximum absolute atomic E-state index is 12.4. The first-order valence-electron chi connectivity index (χ1n) is 8.71. The highest BCUT2D eigenvalue weighted by Gasteiger charge is 2.21. The molecule has 0 unspecified atom stereocenters. The minimum atomic E-state index is -0.216. The molecule has 7 nitrogen and oxygen atoms in total. The summed E-state index contributed by atoms with van der Waals surface area (Å²) in [5.41, 5.74) is 3.50. The Kier molecular flexibility index (Phi) is 4.53. The van der Waals surface area contributed by atoms with Crippen molar-refractivity contribution in [2.24, 2.45) is 0 Å². The van der Waals surface area contributed by atoms with Crippen molar-refractivity contribution in [1.82, 2.24) is 20.0 Å². The lowest BCUT2D eigenvalue weighted by Crippen LogP contribution is -2.32. The first-order valence-corrected chi connectivity index (χ1v) is 8.71. The summed E-state index contributed by atoms with van der Waals surface area (Å²) in [7, 11) is 0. The van der Waals surface area contributed by atoms with Crippen LogP contribution >= 0.6 is 0 Å². The van der Waals surface area contributed by atoms with Crippen LogP contribution in [0.2, 0.25) is 0 Å². The highest BCUT2D eigenvalue weighted by Crippen LogP contribution is 2.23. The summed E-state index contributed by atoms with van der Waals surface area (Å²) < 4.78 is 10.4. The zero-order valence-corrected chi connectivity index (χ0v) is 14.6. The molecular formula is C19H20N4O3. The van der Waals surface area contributed by atoms with E-state index in [1.54, 1.807) is 0 Å². The SMILES string of the molecule is CCOc1noc(-c2cc3c([nH]c2=O)CCN(Cc2ccccc2)C3)n1. The Morgan fingerprint density at radius 1 is 1.31 bits per heavy atom. The summed E-state index contributed by atoms with van der Waals surface area (Å²) in [6.07, 6.45) is 0.811. The summed E-state index contributed by atoms with van der Waals surface area (Å²) in [5, 5.41) is 3.73. The van der Waals surface area contributed by atoms with E-state index in [0.717, 1.165) is 37.3 Å². The molecule has 1 aliphatic heterocycles. The molecule has 2 aromatic heterocycles. The van der Waals surface area contributed by atoms with Gasteiger partial charge in [0.15, 0.2) is 0 Å². The predicted octanol–water partition coefficient (Wildman–Crippen LogP) is 2.38. The van der Waals surface area contributed by atoms with Crippen molar-refractivity contribution < 1.29 is 9.26 Å². The van der Waals surface area contributed by atoms with E-state index in [2.05, 4.69) is 32.2 Å². The molecule has 0 spiro atoms. The van der Waals surface area contributed by atoms with Gasteiger partial charge in [-0.2, -0.15) is 4.98 Å². The van der Waals surface area contributed by atoms with Gasteiger partial charge in [0, 0.05) is 31.7 Å². The summed E-state index contributed by atoms with van der Waals surface area (Å²) in [6, 6.07) is 12.4. The highest BCUT2D eigenvalue weighted by atomic mass is 16.5. The fraction of sp³-hybridized carbons (Fsp3) is 0.316. The molecule has 4 rings (SSSR count). The maximum Gasteiger partial charge on any atom is 0.354 e. The number of nitrogens with one attached hydrogen (secondary N) is 1. The van der Waals surface area contributed by atoms with Crippen molar-refractivity contribution in [3.05, 3.63) is 63.6 Å². The number of aromatic nitrogens is 3. The third-order valence-electron chi connectivity index (χ3n) is 4.45. The van der Waals surface area contributed by atoms with E-state index in [1.807, 2.05) is 31.2 Å². The van der Waals surface area contributed by atoms with Crippen LogP contribution in [0.4, 0.5) is 0 Å². The van der Waals surface area contributed by atoms with Crippen molar-refractivity contribution in [3.63, 3.8) is 0 Å². The van der Waals surface area contributed by atoms with Gasteiger partial charge in [-0.1, -0.05) is 30.3 Å². The van der Waals surface area contributed by atoms with Gasteiger partial charge in [0.1, 0.15) is 5.56 Å². The number of ether oxygens (including phenoxy) is 1. The van der Waals surface area contributed by atoms with Crippen LogP contribution in [0.3, 0.4) is 0 Å². The normalized spacial score (nSPS) is 14.2. The molecule has 0 radical (unpaired) electrons. The average molecular weight is 352 g/mol. The molecule has 0 aliphatic carbocycles. The second-order valence-corrected chi connectivity index (χ2v) is 6.28. The number of hydrogen-bond acceptors (Lipinski definition) is 6. The summed E-state index contributed by atoms with van der Waals surface area (Å²) in [4.78, 5) is 21.9. The van der Waals surface area contributed by atoms with Crippen LogP contribution < -0.4 is 10.3 Å². The Hall–Kier alpha value is -2.93. The van der Waals surface area contributed by atoms with Crippen LogP contribution in [0, 0.1) is 0 Å². The van der Waals surface area contributed by atoms with E-state index in [4.69, 9.17) is 9.26 Å². The van der Waals surface area contributed by atoms with Gasteiger partial charge in [0.25, 0.3) is 11.4 Å². The maximum atomic E-state index is 12.4. The fourth-order valence-electron chi connectivity index (χ4n) is 3.21. The van der Waals surface area contributed by atoms with Crippen LogP contribution in [0.15, 0.2) is 45.7 Å². The minimum absolute atomic E-state index is 0.144. The summed E-state index contributed by atoms with van der Waals surface area (Å²) >= 11 is 0. The van der Waals surface area contributed by atoms with Gasteiger partial charge >= 0.3 is 6.01 Å². The van der Waals surface area contributed by atoms with Crippen molar-refractivity contribution in [1.29, 1.82) is 0 Å². The van der Waals surface area contributed by atoms with E-state index >= 15 is 0 Å². The quantitative estimate of drug-likeness (QED) is 0.759. The summed E-state index contributed by atoms with van der Waals surface area (Å²) in [6.45, 7) is 4.83. The monoisotopic (exact) mass is 352 g/mol. The van der Waals surface area contributed by atoms with E-state index in [9.17, 15) is 4.79 Å². The van der Waals surface area contributed by atoms with Crippen molar-refractivity contribution in [3.8, 4) is 17.5 Å². The molecule has 0 fully saturated rings. The molecule has 26 heavy (non-hydrogen) atoms. The molecule has 0 atom stereocenters. The van der Waals surface area contributed by atoms with Gasteiger partial charge in [-0.3, -0.25) is 9.69 Å². The van der Waals surface area contributed by atoms with Crippen molar-refractivity contribution in [2.75, 3.05) is 13.2 Å². The molecule has 3 aromatic rings. The predicted molar refractivity (Wildman–Crippen MR) is 95.8 cm³/mol. The molecule has 1 N–H and O–H groups in total. The molecule has 0 amide bonds. The topological polar surface area (TPSA) is 84.2 Å². The standard InChI is InChI=1S/C19H20N4O3/c1-2-25-19-21-18(26-22-19)15-10-14-12-23(9-8-16(14)20-17(15)24)11-13-6-4-3-5-7-13/h3-7,10H,2,8-9,11-12H2,1H3,(H,20,24). The number of aromatic amines is 1. The lowest BCUT2D eigenvalue weighted by Gasteiger charge is -2.28. The number of fused-ring (bicyclic) bond motifs is 1. The first-order chi connectivity index (χ1) is 12.7. The number of H-pyrrole nitrogens is 1. The number of hydrogen-bond donors (Lipinski definition) is 1. The lowest BCUT2D eigenvalue weighted by atomic mass is 10.0. The van der Waals surface area contributed by atoms with Gasteiger partial charge in [-0.15, -0.1) is 0 Å². The third-order valence-corrected chi connectivity index (χ3v) is 4.45. The van der Waals surface area contributed by atoms with Crippen LogP contribution in [-0.2, 0) is 19.5 Å². The average Bonchev–Trinajstić information content (AvgIpc) is 3.11. The Labute approximate surface area is 150 Å². The van der Waals surface area contributed by atoms with Crippen LogP contribution in [0.25, 0.3) is 11.5 Å². The lowest BCUT2D eigenvalue weighted by molar-refractivity contribution is 0.243. The second kappa shape index (κ2) is 7.13. The molecule has 0 saturated heterocycles.